The highest BCUT2D eigenvalue weighted by Crippen LogP contribution is 2.38. The van der Waals surface area contributed by atoms with E-state index < -0.39 is 10.1 Å². The predicted molar refractivity (Wildman–Crippen MR) is 136 cm³/mol. The molecule has 0 aliphatic rings. The van der Waals surface area contributed by atoms with E-state index in [2.05, 4.69) is 18.7 Å². The molecular formula is C27H38O5S. The second kappa shape index (κ2) is 15.5. The third kappa shape index (κ3) is 11.4. The fraction of sp³-hybridized carbons (Fsp3) is 0.481. The Hall–Kier alpha value is -2.31. The van der Waals surface area contributed by atoms with Gasteiger partial charge in [-0.1, -0.05) is 74.6 Å². The number of benzene rings is 2. The average Bonchev–Trinajstić information content (AvgIpc) is 2.80. The van der Waals surface area contributed by atoms with Crippen molar-refractivity contribution >= 4 is 10.1 Å². The van der Waals surface area contributed by atoms with Gasteiger partial charge >= 0.3 is 0 Å². The van der Waals surface area contributed by atoms with Gasteiger partial charge in [-0.15, -0.1) is 6.58 Å². The quantitative estimate of drug-likeness (QED) is 0.142. The number of allylic oxidation sites excluding steroid dienone is 1. The summed E-state index contributed by atoms with van der Waals surface area (Å²) in [5.41, 5.74) is 2.02. The number of hydrogen-bond acceptors (Lipinski definition) is 4. The second-order valence-corrected chi connectivity index (χ2v) is 9.81. The van der Waals surface area contributed by atoms with E-state index in [1.165, 1.54) is 19.3 Å². The molecule has 2 rings (SSSR count). The van der Waals surface area contributed by atoms with Gasteiger partial charge < -0.3 is 9.47 Å². The first kappa shape index (κ1) is 26.9. The standard InChI is InChI=1S/C27H38O5S/c1-2-3-4-5-6-7-13-21-31-25-19-16-20-26(27(25)24-17-11-10-12-18-24)32-22-14-8-9-15-23-33(28,29)30/h2,10-12,16-20H,1,3-9,13-15,21-23H2,(H,28,29,30). The van der Waals surface area contributed by atoms with Gasteiger partial charge in [0.05, 0.1) is 24.5 Å². The van der Waals surface area contributed by atoms with E-state index in [1.54, 1.807) is 0 Å². The first-order valence-corrected chi connectivity index (χ1v) is 13.6. The van der Waals surface area contributed by atoms with Crippen LogP contribution in [0, 0.1) is 0 Å². The molecule has 0 aliphatic carbocycles. The van der Waals surface area contributed by atoms with Crippen molar-refractivity contribution in [2.75, 3.05) is 19.0 Å². The molecule has 0 atom stereocenters. The fourth-order valence-electron chi connectivity index (χ4n) is 3.67. The van der Waals surface area contributed by atoms with Gasteiger partial charge in [0.15, 0.2) is 0 Å². The Morgan fingerprint density at radius 1 is 0.727 bits per heavy atom. The molecule has 182 valence electrons. The van der Waals surface area contributed by atoms with Crippen molar-refractivity contribution in [3.8, 4) is 22.6 Å². The molecule has 0 fully saturated rings. The minimum Gasteiger partial charge on any atom is -0.493 e. The van der Waals surface area contributed by atoms with E-state index in [9.17, 15) is 8.42 Å². The maximum absolute atomic E-state index is 10.8. The minimum absolute atomic E-state index is 0.180. The zero-order valence-corrected chi connectivity index (χ0v) is 20.4. The molecule has 0 amide bonds. The topological polar surface area (TPSA) is 72.8 Å². The van der Waals surface area contributed by atoms with Gasteiger partial charge in [-0.2, -0.15) is 8.42 Å². The molecule has 0 aliphatic heterocycles. The lowest BCUT2D eigenvalue weighted by Crippen LogP contribution is -2.04. The predicted octanol–water partition coefficient (Wildman–Crippen LogP) is 7.09. The molecule has 5 nitrogen and oxygen atoms in total. The highest BCUT2D eigenvalue weighted by molar-refractivity contribution is 7.85. The van der Waals surface area contributed by atoms with Gasteiger partial charge in [0.25, 0.3) is 10.1 Å². The lowest BCUT2D eigenvalue weighted by Gasteiger charge is -2.17. The van der Waals surface area contributed by atoms with Crippen LogP contribution >= 0.6 is 0 Å². The number of ether oxygens (including phenoxy) is 2. The van der Waals surface area contributed by atoms with Crippen LogP contribution < -0.4 is 9.47 Å². The Morgan fingerprint density at radius 2 is 1.27 bits per heavy atom. The zero-order valence-electron chi connectivity index (χ0n) is 19.6. The molecule has 2 aromatic rings. The molecule has 0 spiro atoms. The van der Waals surface area contributed by atoms with Gasteiger partial charge in [-0.05, 0) is 49.8 Å². The van der Waals surface area contributed by atoms with Crippen LogP contribution in [0.1, 0.15) is 64.2 Å². The summed E-state index contributed by atoms with van der Waals surface area (Å²) in [4.78, 5) is 0. The third-order valence-corrected chi connectivity index (χ3v) is 6.22. The van der Waals surface area contributed by atoms with E-state index in [-0.39, 0.29) is 5.75 Å². The van der Waals surface area contributed by atoms with Crippen molar-refractivity contribution in [2.45, 2.75) is 64.2 Å². The van der Waals surface area contributed by atoms with Crippen molar-refractivity contribution in [2.24, 2.45) is 0 Å². The van der Waals surface area contributed by atoms with Crippen LogP contribution in [0.3, 0.4) is 0 Å². The van der Waals surface area contributed by atoms with Crippen molar-refractivity contribution in [1.82, 2.24) is 0 Å². The second-order valence-electron chi connectivity index (χ2n) is 8.24. The van der Waals surface area contributed by atoms with Crippen molar-refractivity contribution in [1.29, 1.82) is 0 Å². The van der Waals surface area contributed by atoms with Crippen LogP contribution in [0.5, 0.6) is 11.5 Å². The van der Waals surface area contributed by atoms with Crippen molar-refractivity contribution in [3.05, 3.63) is 61.2 Å². The lowest BCUT2D eigenvalue weighted by atomic mass is 10.0. The molecule has 33 heavy (non-hydrogen) atoms. The van der Waals surface area contributed by atoms with Crippen LogP contribution in [0.25, 0.3) is 11.1 Å². The first-order valence-electron chi connectivity index (χ1n) is 12.0. The smallest absolute Gasteiger partial charge is 0.264 e. The van der Waals surface area contributed by atoms with Crippen molar-refractivity contribution in [3.63, 3.8) is 0 Å². The lowest BCUT2D eigenvalue weighted by molar-refractivity contribution is 0.292. The summed E-state index contributed by atoms with van der Waals surface area (Å²) in [5.74, 6) is 1.44. The molecular weight excluding hydrogens is 436 g/mol. The Kier molecular flexibility index (Phi) is 12.7. The Labute approximate surface area is 199 Å². The average molecular weight is 475 g/mol. The van der Waals surface area contributed by atoms with E-state index in [1.807, 2.05) is 42.5 Å². The number of hydrogen-bond donors (Lipinski definition) is 1. The SMILES string of the molecule is C=CCCCCCCCOc1cccc(OCCCCCCS(=O)(=O)O)c1-c1ccccc1. The van der Waals surface area contributed by atoms with E-state index in [0.717, 1.165) is 61.2 Å². The summed E-state index contributed by atoms with van der Waals surface area (Å²) >= 11 is 0. The van der Waals surface area contributed by atoms with Gasteiger partial charge in [-0.25, -0.2) is 0 Å². The van der Waals surface area contributed by atoms with Crippen LogP contribution in [-0.4, -0.2) is 31.9 Å². The molecule has 0 radical (unpaired) electrons. The van der Waals surface area contributed by atoms with Gasteiger partial charge in [0, 0.05) is 0 Å². The summed E-state index contributed by atoms with van der Waals surface area (Å²) in [7, 11) is -3.87. The summed E-state index contributed by atoms with van der Waals surface area (Å²) in [6, 6.07) is 16.0. The maximum Gasteiger partial charge on any atom is 0.264 e. The van der Waals surface area contributed by atoms with Gasteiger partial charge in [-0.3, -0.25) is 4.55 Å². The van der Waals surface area contributed by atoms with E-state index in [4.69, 9.17) is 14.0 Å². The molecule has 1 N–H and O–H groups in total. The number of unbranched alkanes of at least 4 members (excludes halogenated alkanes) is 8. The van der Waals surface area contributed by atoms with Crippen LogP contribution in [0.4, 0.5) is 0 Å². The molecule has 2 aromatic carbocycles. The largest absolute Gasteiger partial charge is 0.493 e. The summed E-state index contributed by atoms with van der Waals surface area (Å²) in [6.45, 7) is 4.99. The van der Waals surface area contributed by atoms with Gasteiger partial charge in [0.2, 0.25) is 0 Å². The Bertz CT molecular complexity index is 909. The third-order valence-electron chi connectivity index (χ3n) is 5.41. The molecule has 6 heteroatoms. The Morgan fingerprint density at radius 3 is 1.85 bits per heavy atom. The normalized spacial score (nSPS) is 11.3. The molecule has 0 bridgehead atoms. The minimum atomic E-state index is -3.87. The van der Waals surface area contributed by atoms with Crippen LogP contribution in [0.2, 0.25) is 0 Å². The van der Waals surface area contributed by atoms with E-state index in [0.29, 0.717) is 19.6 Å². The van der Waals surface area contributed by atoms with Crippen LogP contribution in [-0.2, 0) is 10.1 Å². The summed E-state index contributed by atoms with van der Waals surface area (Å²) < 4.78 is 42.7. The van der Waals surface area contributed by atoms with Crippen LogP contribution in [0.15, 0.2) is 61.2 Å². The monoisotopic (exact) mass is 474 g/mol. The molecule has 0 saturated carbocycles. The fourth-order valence-corrected chi connectivity index (χ4v) is 4.24. The van der Waals surface area contributed by atoms with Crippen molar-refractivity contribution < 1.29 is 22.4 Å². The highest BCUT2D eigenvalue weighted by atomic mass is 32.2. The molecule has 0 aromatic heterocycles. The highest BCUT2D eigenvalue weighted by Gasteiger charge is 2.13. The summed E-state index contributed by atoms with van der Waals surface area (Å²) in [6.07, 6.45) is 11.8. The first-order chi connectivity index (χ1) is 16.0. The molecule has 0 unspecified atom stereocenters. The molecule has 0 saturated heterocycles. The summed E-state index contributed by atoms with van der Waals surface area (Å²) in [5, 5.41) is 0. The van der Waals surface area contributed by atoms with E-state index >= 15 is 0 Å². The maximum atomic E-state index is 10.8. The number of rotatable bonds is 18. The molecule has 0 heterocycles. The Balaban J connectivity index is 1.89. The van der Waals surface area contributed by atoms with Gasteiger partial charge in [0.1, 0.15) is 11.5 Å². The zero-order chi connectivity index (χ0) is 23.8.